The molecule has 1 aromatic rings. The number of nitrogens with zero attached hydrogens (tertiary/aromatic N) is 1. The molecule has 1 unspecified atom stereocenters. The Labute approximate surface area is 76.2 Å². The van der Waals surface area contributed by atoms with Gasteiger partial charge in [0.25, 0.3) is 0 Å². The minimum absolute atomic E-state index is 0.346. The molecule has 0 aromatic carbocycles. The molecule has 1 rings (SSSR count). The van der Waals surface area contributed by atoms with Crippen LogP contribution in [0.2, 0.25) is 5.15 Å². The van der Waals surface area contributed by atoms with Crippen LogP contribution in [-0.2, 0) is 0 Å². The van der Waals surface area contributed by atoms with E-state index in [1.54, 1.807) is 18.3 Å². The number of rotatable bonds is 3. The molecule has 0 spiro atoms. The van der Waals surface area contributed by atoms with Crippen LogP contribution in [0.15, 0.2) is 18.3 Å². The number of halogens is 1. The standard InChI is InChI=1S/C8H11ClN2O/c9-8-6(2-1-5-11-8)7(12)3-4-10/h1-2,5,7,12H,3-4,10H2. The van der Waals surface area contributed by atoms with Gasteiger partial charge in [-0.1, -0.05) is 17.7 Å². The fourth-order valence-electron chi connectivity index (χ4n) is 0.960. The van der Waals surface area contributed by atoms with E-state index in [9.17, 15) is 5.11 Å². The molecule has 3 N–H and O–H groups in total. The summed E-state index contributed by atoms with van der Waals surface area (Å²) in [6.07, 6.45) is 1.49. The van der Waals surface area contributed by atoms with Gasteiger partial charge in [0.05, 0.1) is 6.10 Å². The van der Waals surface area contributed by atoms with Crippen LogP contribution in [-0.4, -0.2) is 16.6 Å². The lowest BCUT2D eigenvalue weighted by Gasteiger charge is -2.09. The predicted molar refractivity (Wildman–Crippen MR) is 47.9 cm³/mol. The summed E-state index contributed by atoms with van der Waals surface area (Å²) in [7, 11) is 0. The summed E-state index contributed by atoms with van der Waals surface area (Å²) in [4.78, 5) is 3.85. The van der Waals surface area contributed by atoms with Crippen molar-refractivity contribution in [1.82, 2.24) is 4.98 Å². The molecule has 0 amide bonds. The summed E-state index contributed by atoms with van der Waals surface area (Å²) in [5.74, 6) is 0. The van der Waals surface area contributed by atoms with E-state index >= 15 is 0 Å². The Bertz CT molecular complexity index is 255. The van der Waals surface area contributed by atoms with Crippen molar-refractivity contribution in [3.8, 4) is 0 Å². The first-order valence-electron chi connectivity index (χ1n) is 3.74. The third-order valence-corrected chi connectivity index (χ3v) is 1.90. The zero-order valence-corrected chi connectivity index (χ0v) is 7.33. The molecule has 66 valence electrons. The van der Waals surface area contributed by atoms with Crippen LogP contribution in [0.1, 0.15) is 18.1 Å². The molecule has 0 aliphatic carbocycles. The molecule has 0 aliphatic heterocycles. The molecule has 12 heavy (non-hydrogen) atoms. The van der Waals surface area contributed by atoms with E-state index in [1.165, 1.54) is 0 Å². The van der Waals surface area contributed by atoms with E-state index in [0.29, 0.717) is 23.7 Å². The highest BCUT2D eigenvalue weighted by atomic mass is 35.5. The maximum atomic E-state index is 9.50. The molecule has 1 atom stereocenters. The van der Waals surface area contributed by atoms with Crippen LogP contribution < -0.4 is 5.73 Å². The number of pyridine rings is 1. The highest BCUT2D eigenvalue weighted by Gasteiger charge is 2.09. The van der Waals surface area contributed by atoms with Crippen LogP contribution in [0, 0.1) is 0 Å². The number of aromatic nitrogens is 1. The van der Waals surface area contributed by atoms with E-state index in [-0.39, 0.29) is 0 Å². The molecular weight excluding hydrogens is 176 g/mol. The van der Waals surface area contributed by atoms with Gasteiger partial charge in [0.15, 0.2) is 0 Å². The molecule has 0 radical (unpaired) electrons. The van der Waals surface area contributed by atoms with Crippen molar-refractivity contribution in [2.75, 3.05) is 6.54 Å². The second-order valence-electron chi connectivity index (χ2n) is 2.48. The lowest BCUT2D eigenvalue weighted by Crippen LogP contribution is -2.07. The van der Waals surface area contributed by atoms with Gasteiger partial charge in [0.2, 0.25) is 0 Å². The van der Waals surface area contributed by atoms with Crippen molar-refractivity contribution in [3.63, 3.8) is 0 Å². The third-order valence-electron chi connectivity index (χ3n) is 1.59. The number of aliphatic hydroxyl groups is 1. The summed E-state index contributed by atoms with van der Waals surface area (Å²) in [5.41, 5.74) is 5.94. The molecule has 0 bridgehead atoms. The Morgan fingerprint density at radius 1 is 1.67 bits per heavy atom. The van der Waals surface area contributed by atoms with Crippen LogP contribution in [0.3, 0.4) is 0 Å². The monoisotopic (exact) mass is 186 g/mol. The lowest BCUT2D eigenvalue weighted by molar-refractivity contribution is 0.170. The highest BCUT2D eigenvalue weighted by molar-refractivity contribution is 6.30. The Balaban J connectivity index is 2.79. The normalized spacial score (nSPS) is 12.9. The molecule has 0 aliphatic rings. The summed E-state index contributed by atoms with van der Waals surface area (Å²) in [5, 5.41) is 9.84. The molecule has 0 saturated carbocycles. The Morgan fingerprint density at radius 2 is 2.42 bits per heavy atom. The minimum atomic E-state index is -0.601. The molecule has 4 heteroatoms. The zero-order valence-electron chi connectivity index (χ0n) is 6.57. The van der Waals surface area contributed by atoms with Crippen molar-refractivity contribution < 1.29 is 5.11 Å². The lowest BCUT2D eigenvalue weighted by atomic mass is 10.1. The van der Waals surface area contributed by atoms with Gasteiger partial charge in [-0.05, 0) is 19.0 Å². The van der Waals surface area contributed by atoms with Gasteiger partial charge in [-0.2, -0.15) is 0 Å². The van der Waals surface area contributed by atoms with Gasteiger partial charge in [0, 0.05) is 11.8 Å². The first-order valence-corrected chi connectivity index (χ1v) is 4.12. The first-order chi connectivity index (χ1) is 5.75. The number of nitrogens with two attached hydrogens (primary N) is 1. The Morgan fingerprint density at radius 3 is 3.00 bits per heavy atom. The smallest absolute Gasteiger partial charge is 0.134 e. The van der Waals surface area contributed by atoms with Crippen molar-refractivity contribution in [3.05, 3.63) is 29.0 Å². The van der Waals surface area contributed by atoms with Gasteiger partial charge in [-0.25, -0.2) is 4.98 Å². The highest BCUT2D eigenvalue weighted by Crippen LogP contribution is 2.21. The minimum Gasteiger partial charge on any atom is -0.388 e. The molecule has 3 nitrogen and oxygen atoms in total. The van der Waals surface area contributed by atoms with Crippen molar-refractivity contribution >= 4 is 11.6 Å². The van der Waals surface area contributed by atoms with E-state index < -0.39 is 6.10 Å². The fourth-order valence-corrected chi connectivity index (χ4v) is 1.21. The van der Waals surface area contributed by atoms with E-state index in [0.717, 1.165) is 0 Å². The summed E-state index contributed by atoms with van der Waals surface area (Å²) < 4.78 is 0. The van der Waals surface area contributed by atoms with Crippen molar-refractivity contribution in [2.24, 2.45) is 5.73 Å². The zero-order chi connectivity index (χ0) is 8.97. The van der Waals surface area contributed by atoms with Crippen LogP contribution in [0.25, 0.3) is 0 Å². The maximum Gasteiger partial charge on any atom is 0.134 e. The second kappa shape index (κ2) is 4.40. The molecule has 1 heterocycles. The van der Waals surface area contributed by atoms with Gasteiger partial charge < -0.3 is 10.8 Å². The fraction of sp³-hybridized carbons (Fsp3) is 0.375. The maximum absolute atomic E-state index is 9.50. The first kappa shape index (κ1) is 9.45. The van der Waals surface area contributed by atoms with Gasteiger partial charge in [-0.15, -0.1) is 0 Å². The van der Waals surface area contributed by atoms with E-state index in [1.807, 2.05) is 0 Å². The molecule has 0 fully saturated rings. The van der Waals surface area contributed by atoms with Gasteiger partial charge in [0.1, 0.15) is 5.15 Å². The summed E-state index contributed by atoms with van der Waals surface area (Å²) >= 11 is 5.74. The molecule has 1 aromatic heterocycles. The number of aliphatic hydroxyl groups excluding tert-OH is 1. The predicted octanol–water partition coefficient (Wildman–Crippen LogP) is 1.12. The number of hydrogen-bond acceptors (Lipinski definition) is 3. The van der Waals surface area contributed by atoms with Crippen molar-refractivity contribution in [2.45, 2.75) is 12.5 Å². The van der Waals surface area contributed by atoms with Crippen LogP contribution >= 0.6 is 11.6 Å². The van der Waals surface area contributed by atoms with Crippen molar-refractivity contribution in [1.29, 1.82) is 0 Å². The third kappa shape index (κ3) is 2.17. The quantitative estimate of drug-likeness (QED) is 0.696. The Kier molecular flexibility index (Phi) is 3.47. The Hall–Kier alpha value is -0.640. The summed E-state index contributed by atoms with van der Waals surface area (Å²) in [6, 6.07) is 3.48. The topological polar surface area (TPSA) is 59.1 Å². The SMILES string of the molecule is NCCC(O)c1cccnc1Cl. The van der Waals surface area contributed by atoms with Gasteiger partial charge >= 0.3 is 0 Å². The molecule has 0 saturated heterocycles. The van der Waals surface area contributed by atoms with Crippen LogP contribution in [0.5, 0.6) is 0 Å². The van der Waals surface area contributed by atoms with Gasteiger partial charge in [-0.3, -0.25) is 0 Å². The summed E-state index contributed by atoms with van der Waals surface area (Å²) in [6.45, 7) is 0.437. The van der Waals surface area contributed by atoms with E-state index in [4.69, 9.17) is 17.3 Å². The average molecular weight is 187 g/mol. The molecular formula is C8H11ClN2O. The van der Waals surface area contributed by atoms with E-state index in [2.05, 4.69) is 4.98 Å². The average Bonchev–Trinajstić information content (AvgIpc) is 2.05. The number of hydrogen-bond donors (Lipinski definition) is 2. The second-order valence-corrected chi connectivity index (χ2v) is 2.83. The largest absolute Gasteiger partial charge is 0.388 e. The van der Waals surface area contributed by atoms with Crippen LogP contribution in [0.4, 0.5) is 0 Å².